The molecule has 1 atom stereocenters. The minimum atomic E-state index is -0.426. The van der Waals surface area contributed by atoms with Crippen molar-refractivity contribution in [2.45, 2.75) is 19.9 Å². The number of furan rings is 1. The molecule has 2 aromatic heterocycles. The molecule has 8 nitrogen and oxygen atoms in total. The van der Waals surface area contributed by atoms with Gasteiger partial charge >= 0.3 is 0 Å². The van der Waals surface area contributed by atoms with Gasteiger partial charge in [-0.2, -0.15) is 5.10 Å². The Morgan fingerprint density at radius 1 is 1.19 bits per heavy atom. The van der Waals surface area contributed by atoms with E-state index in [1.54, 1.807) is 40.7 Å². The van der Waals surface area contributed by atoms with Crippen molar-refractivity contribution in [3.05, 3.63) is 41.1 Å². The summed E-state index contributed by atoms with van der Waals surface area (Å²) in [7, 11) is 3.59. The van der Waals surface area contributed by atoms with Crippen LogP contribution < -0.4 is 5.32 Å². The first-order valence-electron chi connectivity index (χ1n) is 8.71. The molecule has 3 rings (SSSR count). The van der Waals surface area contributed by atoms with Crippen LogP contribution in [-0.4, -0.2) is 64.6 Å². The zero-order valence-corrected chi connectivity index (χ0v) is 15.7. The second-order valence-electron chi connectivity index (χ2n) is 6.61. The summed E-state index contributed by atoms with van der Waals surface area (Å²) < 4.78 is 7.13. The summed E-state index contributed by atoms with van der Waals surface area (Å²) in [4.78, 5) is 29.1. The number of nitrogens with zero attached hydrogens (tertiary/aromatic N) is 4. The van der Waals surface area contributed by atoms with Gasteiger partial charge in [-0.05, 0) is 27.0 Å². The maximum atomic E-state index is 12.9. The molecule has 26 heavy (non-hydrogen) atoms. The highest BCUT2D eigenvalue weighted by Crippen LogP contribution is 2.19. The fourth-order valence-corrected chi connectivity index (χ4v) is 3.35. The van der Waals surface area contributed by atoms with Gasteiger partial charge in [0, 0.05) is 45.0 Å². The summed E-state index contributed by atoms with van der Waals surface area (Å²) in [6.45, 7) is 5.68. The molecule has 2 amide bonds. The largest absolute Gasteiger partial charge is 0.466 e. The molecule has 0 aromatic carbocycles. The highest BCUT2D eigenvalue weighted by Gasteiger charge is 2.30. The molecule has 0 radical (unpaired) electrons. The van der Waals surface area contributed by atoms with Gasteiger partial charge in [-0.25, -0.2) is 0 Å². The van der Waals surface area contributed by atoms with E-state index >= 15 is 0 Å². The third-order valence-electron chi connectivity index (χ3n) is 4.74. The number of aryl methyl sites for hydroxylation is 3. The summed E-state index contributed by atoms with van der Waals surface area (Å²) in [5, 5.41) is 7.20. The first kappa shape index (κ1) is 18.2. The molecule has 1 fully saturated rings. The van der Waals surface area contributed by atoms with Crippen LogP contribution in [0.1, 0.15) is 33.5 Å². The molecule has 1 N–H and O–H groups in total. The van der Waals surface area contributed by atoms with Crippen LogP contribution in [0.25, 0.3) is 0 Å². The number of carbonyl (C=O) groups excluding carboxylic acids is 2. The average Bonchev–Trinajstić information content (AvgIpc) is 3.20. The lowest BCUT2D eigenvalue weighted by Crippen LogP contribution is -2.52. The van der Waals surface area contributed by atoms with Crippen LogP contribution in [0.2, 0.25) is 0 Å². The maximum Gasteiger partial charge on any atom is 0.257 e. The van der Waals surface area contributed by atoms with Gasteiger partial charge in [-0.15, -0.1) is 0 Å². The standard InChI is InChI=1S/C18H25N5O3/c1-12-9-15(13(2)26-12)17(24)22-5-7-23(8-6-22)18(25)16(19-3)14-10-20-21(4)11-14/h9-11,16,19H,5-8H2,1-4H3. The molecule has 1 saturated heterocycles. The Morgan fingerprint density at radius 2 is 1.85 bits per heavy atom. The van der Waals surface area contributed by atoms with Crippen molar-refractivity contribution in [1.29, 1.82) is 0 Å². The van der Waals surface area contributed by atoms with Crippen LogP contribution in [0.15, 0.2) is 22.9 Å². The van der Waals surface area contributed by atoms with E-state index in [4.69, 9.17) is 4.42 Å². The predicted molar refractivity (Wildman–Crippen MR) is 95.7 cm³/mol. The molecule has 1 unspecified atom stereocenters. The van der Waals surface area contributed by atoms with Crippen LogP contribution in [-0.2, 0) is 11.8 Å². The van der Waals surface area contributed by atoms with Crippen LogP contribution in [0.3, 0.4) is 0 Å². The van der Waals surface area contributed by atoms with Crippen LogP contribution >= 0.6 is 0 Å². The second kappa shape index (κ2) is 7.33. The Bertz CT molecular complexity index is 802. The first-order chi connectivity index (χ1) is 12.4. The molecule has 1 aliphatic heterocycles. The molecule has 0 aliphatic carbocycles. The van der Waals surface area contributed by atoms with Crippen molar-refractivity contribution >= 4 is 11.8 Å². The summed E-state index contributed by atoms with van der Waals surface area (Å²) >= 11 is 0. The van der Waals surface area contributed by atoms with Crippen LogP contribution in [0.4, 0.5) is 0 Å². The molecule has 0 spiro atoms. The third kappa shape index (κ3) is 3.50. The van der Waals surface area contributed by atoms with Gasteiger partial charge in [0.05, 0.1) is 11.8 Å². The van der Waals surface area contributed by atoms with Crippen LogP contribution in [0, 0.1) is 13.8 Å². The average molecular weight is 359 g/mol. The zero-order valence-electron chi connectivity index (χ0n) is 15.7. The van der Waals surface area contributed by atoms with E-state index in [2.05, 4.69) is 10.4 Å². The Balaban J connectivity index is 1.63. The molecule has 0 saturated carbocycles. The van der Waals surface area contributed by atoms with Gasteiger partial charge in [-0.3, -0.25) is 14.3 Å². The fraction of sp³-hybridized carbons (Fsp3) is 0.500. The summed E-state index contributed by atoms with van der Waals surface area (Å²) in [6, 6.07) is 1.35. The quantitative estimate of drug-likeness (QED) is 0.876. The van der Waals surface area contributed by atoms with E-state index < -0.39 is 6.04 Å². The van der Waals surface area contributed by atoms with E-state index in [1.165, 1.54) is 0 Å². The SMILES string of the molecule is CNC(C(=O)N1CCN(C(=O)c2cc(C)oc2C)CC1)c1cnn(C)c1. The molecular formula is C18H25N5O3. The topological polar surface area (TPSA) is 83.6 Å². The maximum absolute atomic E-state index is 12.9. The summed E-state index contributed by atoms with van der Waals surface area (Å²) in [6.07, 6.45) is 3.53. The predicted octanol–water partition coefficient (Wildman–Crippen LogP) is 0.875. The molecule has 2 aromatic rings. The number of carbonyl (C=O) groups is 2. The lowest BCUT2D eigenvalue weighted by molar-refractivity contribution is -0.135. The van der Waals surface area contributed by atoms with Gasteiger partial charge in [0.15, 0.2) is 0 Å². The first-order valence-corrected chi connectivity index (χ1v) is 8.71. The Labute approximate surface area is 152 Å². The third-order valence-corrected chi connectivity index (χ3v) is 4.74. The van der Waals surface area contributed by atoms with Gasteiger partial charge in [0.25, 0.3) is 5.91 Å². The van der Waals surface area contributed by atoms with Gasteiger partial charge in [-0.1, -0.05) is 0 Å². The van der Waals surface area contributed by atoms with Gasteiger partial charge in [0.2, 0.25) is 5.91 Å². The van der Waals surface area contributed by atoms with Crippen molar-refractivity contribution < 1.29 is 14.0 Å². The number of rotatable bonds is 4. The summed E-state index contributed by atoms with van der Waals surface area (Å²) in [5.74, 6) is 1.33. The van der Waals surface area contributed by atoms with Crippen molar-refractivity contribution in [3.63, 3.8) is 0 Å². The second-order valence-corrected chi connectivity index (χ2v) is 6.61. The molecular weight excluding hydrogens is 334 g/mol. The number of piperazine rings is 1. The van der Waals surface area contributed by atoms with E-state index in [0.717, 1.165) is 11.3 Å². The van der Waals surface area contributed by atoms with Crippen molar-refractivity contribution in [3.8, 4) is 0 Å². The Hall–Kier alpha value is -2.61. The number of hydrogen-bond donors (Lipinski definition) is 1. The lowest BCUT2D eigenvalue weighted by Gasteiger charge is -2.36. The van der Waals surface area contributed by atoms with E-state index in [-0.39, 0.29) is 11.8 Å². The summed E-state index contributed by atoms with van der Waals surface area (Å²) in [5.41, 5.74) is 1.44. The van der Waals surface area contributed by atoms with Crippen LogP contribution in [0.5, 0.6) is 0 Å². The fourth-order valence-electron chi connectivity index (χ4n) is 3.35. The number of likely N-dealkylation sites (N-methyl/N-ethyl adjacent to an activating group) is 1. The molecule has 140 valence electrons. The van der Waals surface area contributed by atoms with E-state index in [1.807, 2.05) is 20.2 Å². The minimum absolute atomic E-state index is 0.00272. The lowest BCUT2D eigenvalue weighted by atomic mass is 10.1. The van der Waals surface area contributed by atoms with E-state index in [0.29, 0.717) is 37.5 Å². The Morgan fingerprint density at radius 3 is 2.35 bits per heavy atom. The van der Waals surface area contributed by atoms with Gasteiger partial charge < -0.3 is 19.5 Å². The van der Waals surface area contributed by atoms with Crippen molar-refractivity contribution in [1.82, 2.24) is 24.9 Å². The van der Waals surface area contributed by atoms with Crippen molar-refractivity contribution in [2.75, 3.05) is 33.2 Å². The Kier molecular flexibility index (Phi) is 5.13. The zero-order chi connectivity index (χ0) is 18.8. The highest BCUT2D eigenvalue weighted by molar-refractivity contribution is 5.95. The highest BCUT2D eigenvalue weighted by atomic mass is 16.3. The van der Waals surface area contributed by atoms with Gasteiger partial charge in [0.1, 0.15) is 17.6 Å². The monoisotopic (exact) mass is 359 g/mol. The number of aromatic nitrogens is 2. The number of nitrogens with one attached hydrogen (secondary N) is 1. The molecule has 3 heterocycles. The molecule has 1 aliphatic rings. The normalized spacial score (nSPS) is 16.0. The van der Waals surface area contributed by atoms with E-state index in [9.17, 15) is 9.59 Å². The minimum Gasteiger partial charge on any atom is -0.466 e. The number of hydrogen-bond acceptors (Lipinski definition) is 5. The van der Waals surface area contributed by atoms with Crippen molar-refractivity contribution in [2.24, 2.45) is 7.05 Å². The molecule has 8 heteroatoms. The number of amides is 2. The smallest absolute Gasteiger partial charge is 0.257 e. The molecule has 0 bridgehead atoms.